The molecule has 0 atom stereocenters. The highest BCUT2D eigenvalue weighted by molar-refractivity contribution is 6.04. The highest BCUT2D eigenvalue weighted by atomic mass is 16.5. The molecular weight excluding hydrogens is 414 g/mol. The van der Waals surface area contributed by atoms with Crippen molar-refractivity contribution in [2.75, 3.05) is 5.32 Å². The molecule has 0 radical (unpaired) electrons. The molecular formula is C26H27N5O2. The lowest BCUT2D eigenvalue weighted by Gasteiger charge is -2.19. The Morgan fingerprint density at radius 1 is 0.970 bits per heavy atom. The predicted molar refractivity (Wildman–Crippen MR) is 128 cm³/mol. The van der Waals surface area contributed by atoms with Crippen molar-refractivity contribution in [1.29, 1.82) is 0 Å². The smallest absolute Gasteiger partial charge is 0.255 e. The van der Waals surface area contributed by atoms with Crippen LogP contribution in [0.3, 0.4) is 0 Å². The van der Waals surface area contributed by atoms with E-state index in [4.69, 9.17) is 4.74 Å². The first-order valence-corrected chi connectivity index (χ1v) is 10.7. The molecule has 4 rings (SSSR count). The summed E-state index contributed by atoms with van der Waals surface area (Å²) in [4.78, 5) is 25.7. The summed E-state index contributed by atoms with van der Waals surface area (Å²) in [5.41, 5.74) is 2.53. The van der Waals surface area contributed by atoms with Crippen LogP contribution in [-0.2, 0) is 5.41 Å². The monoisotopic (exact) mass is 441 g/mol. The van der Waals surface area contributed by atoms with Crippen molar-refractivity contribution in [3.63, 3.8) is 0 Å². The van der Waals surface area contributed by atoms with Gasteiger partial charge >= 0.3 is 0 Å². The van der Waals surface area contributed by atoms with Crippen molar-refractivity contribution < 1.29 is 9.53 Å². The van der Waals surface area contributed by atoms with Gasteiger partial charge in [-0.2, -0.15) is 4.98 Å². The molecule has 0 aliphatic heterocycles. The molecule has 2 aromatic carbocycles. The summed E-state index contributed by atoms with van der Waals surface area (Å²) in [5, 5.41) is 2.92. The second kappa shape index (κ2) is 8.86. The molecule has 1 amide bonds. The quantitative estimate of drug-likeness (QED) is 0.435. The molecule has 2 aromatic heterocycles. The maximum Gasteiger partial charge on any atom is 0.255 e. The number of hydrogen-bond donors (Lipinski definition) is 1. The predicted octanol–water partition coefficient (Wildman–Crippen LogP) is 5.62. The second-order valence-corrected chi connectivity index (χ2v) is 8.86. The van der Waals surface area contributed by atoms with E-state index in [2.05, 4.69) is 41.0 Å². The van der Waals surface area contributed by atoms with Crippen molar-refractivity contribution in [1.82, 2.24) is 19.5 Å². The average Bonchev–Trinajstić information content (AvgIpc) is 3.20. The number of aryl methyl sites for hydroxylation is 2. The van der Waals surface area contributed by atoms with Crippen molar-refractivity contribution in [2.45, 2.75) is 40.0 Å². The number of aromatic nitrogens is 4. The van der Waals surface area contributed by atoms with Gasteiger partial charge in [-0.1, -0.05) is 32.9 Å². The van der Waals surface area contributed by atoms with E-state index >= 15 is 0 Å². The zero-order valence-electron chi connectivity index (χ0n) is 19.5. The van der Waals surface area contributed by atoms with Crippen LogP contribution in [0.4, 0.5) is 5.69 Å². The van der Waals surface area contributed by atoms with E-state index in [9.17, 15) is 4.79 Å². The van der Waals surface area contributed by atoms with Crippen LogP contribution in [0.5, 0.6) is 11.6 Å². The summed E-state index contributed by atoms with van der Waals surface area (Å²) in [6.45, 7) is 10.2. The summed E-state index contributed by atoms with van der Waals surface area (Å²) in [6.07, 6.45) is 3.56. The van der Waals surface area contributed by atoms with Gasteiger partial charge in [-0.05, 0) is 61.2 Å². The number of imidazole rings is 1. The van der Waals surface area contributed by atoms with E-state index in [1.54, 1.807) is 36.5 Å². The number of ether oxygens (including phenoxy) is 1. The largest absolute Gasteiger partial charge is 0.439 e. The van der Waals surface area contributed by atoms with E-state index in [1.165, 1.54) is 5.56 Å². The first-order chi connectivity index (χ1) is 15.7. The van der Waals surface area contributed by atoms with Crippen molar-refractivity contribution >= 4 is 11.6 Å². The third-order valence-corrected chi connectivity index (χ3v) is 5.22. The van der Waals surface area contributed by atoms with Crippen molar-refractivity contribution in [3.8, 4) is 17.4 Å². The fraction of sp³-hybridized carbons (Fsp3) is 0.231. The molecule has 0 aliphatic carbocycles. The second-order valence-electron chi connectivity index (χ2n) is 8.86. The summed E-state index contributed by atoms with van der Waals surface area (Å²) in [6, 6.07) is 16.6. The Morgan fingerprint density at radius 2 is 1.67 bits per heavy atom. The molecule has 168 valence electrons. The molecule has 0 fully saturated rings. The van der Waals surface area contributed by atoms with Gasteiger partial charge in [0.15, 0.2) is 0 Å². The fourth-order valence-corrected chi connectivity index (χ4v) is 3.37. The van der Waals surface area contributed by atoms with Crippen LogP contribution < -0.4 is 10.1 Å². The number of carbonyl (C=O) groups excluding carboxylic acids is 1. The minimum absolute atomic E-state index is 0.0470. The van der Waals surface area contributed by atoms with Gasteiger partial charge in [-0.15, -0.1) is 0 Å². The summed E-state index contributed by atoms with van der Waals surface area (Å²) >= 11 is 0. The van der Waals surface area contributed by atoms with Gasteiger partial charge < -0.3 is 10.1 Å². The Kier molecular flexibility index (Phi) is 5.96. The lowest BCUT2D eigenvalue weighted by Crippen LogP contribution is -2.14. The van der Waals surface area contributed by atoms with Crippen LogP contribution in [-0.4, -0.2) is 25.4 Å². The first-order valence-electron chi connectivity index (χ1n) is 10.7. The van der Waals surface area contributed by atoms with Crippen LogP contribution in [0.15, 0.2) is 67.0 Å². The van der Waals surface area contributed by atoms with Gasteiger partial charge in [0, 0.05) is 29.7 Å². The molecule has 7 nitrogen and oxygen atoms in total. The van der Waals surface area contributed by atoms with Crippen LogP contribution in [0.1, 0.15) is 48.3 Å². The number of hydrogen-bond acceptors (Lipinski definition) is 5. The van der Waals surface area contributed by atoms with Gasteiger partial charge in [0.25, 0.3) is 5.91 Å². The standard InChI is InChI=1S/C26H27N5O2/c1-17-28-23(31-15-14-27-18(31)2)16-24(29-17)33-22-12-10-21(11-13-22)30-25(32)19-6-8-20(9-7-19)26(3,4)5/h6-16H,1-5H3,(H,30,32). The molecule has 7 heteroatoms. The van der Waals surface area contributed by atoms with Gasteiger partial charge in [-0.25, -0.2) is 9.97 Å². The molecule has 0 spiro atoms. The van der Waals surface area contributed by atoms with Gasteiger partial charge in [0.05, 0.1) is 0 Å². The lowest BCUT2D eigenvalue weighted by molar-refractivity contribution is 0.102. The molecule has 1 N–H and O–H groups in total. The number of benzene rings is 2. The van der Waals surface area contributed by atoms with Crippen LogP contribution in [0, 0.1) is 13.8 Å². The maximum absolute atomic E-state index is 12.6. The Hall–Kier alpha value is -4.00. The highest BCUT2D eigenvalue weighted by Gasteiger charge is 2.14. The van der Waals surface area contributed by atoms with Crippen molar-refractivity contribution in [2.24, 2.45) is 0 Å². The van der Waals surface area contributed by atoms with E-state index in [1.807, 2.05) is 48.9 Å². The molecule has 4 aromatic rings. The number of nitrogens with one attached hydrogen (secondary N) is 1. The highest BCUT2D eigenvalue weighted by Crippen LogP contribution is 2.25. The van der Waals surface area contributed by atoms with Gasteiger partial charge in [-0.3, -0.25) is 9.36 Å². The number of carbonyl (C=O) groups is 1. The fourth-order valence-electron chi connectivity index (χ4n) is 3.37. The van der Waals surface area contributed by atoms with Crippen molar-refractivity contribution in [3.05, 3.63) is 89.8 Å². The van der Waals surface area contributed by atoms with Gasteiger partial charge in [0.2, 0.25) is 5.88 Å². The van der Waals surface area contributed by atoms with E-state index in [0.717, 1.165) is 5.82 Å². The molecule has 33 heavy (non-hydrogen) atoms. The van der Waals surface area contributed by atoms with E-state index < -0.39 is 0 Å². The molecule has 0 bridgehead atoms. The third-order valence-electron chi connectivity index (χ3n) is 5.22. The topological polar surface area (TPSA) is 81.9 Å². The zero-order valence-corrected chi connectivity index (χ0v) is 19.5. The Morgan fingerprint density at radius 3 is 2.27 bits per heavy atom. The number of rotatable bonds is 5. The molecule has 0 saturated heterocycles. The Bertz CT molecular complexity index is 1270. The van der Waals surface area contributed by atoms with Crippen LogP contribution in [0.2, 0.25) is 0 Å². The first kappa shape index (κ1) is 22.2. The minimum atomic E-state index is -0.157. The SMILES string of the molecule is Cc1nc(Oc2ccc(NC(=O)c3ccc(C(C)(C)C)cc3)cc2)cc(-n2ccnc2C)n1. The van der Waals surface area contributed by atoms with Gasteiger partial charge in [0.1, 0.15) is 23.2 Å². The van der Waals surface area contributed by atoms with E-state index in [0.29, 0.717) is 34.5 Å². The summed E-state index contributed by atoms with van der Waals surface area (Å²) < 4.78 is 7.80. The number of amides is 1. The van der Waals surface area contributed by atoms with E-state index in [-0.39, 0.29) is 11.3 Å². The molecule has 0 unspecified atom stereocenters. The summed E-state index contributed by atoms with van der Waals surface area (Å²) in [7, 11) is 0. The average molecular weight is 442 g/mol. The molecule has 0 aliphatic rings. The Balaban J connectivity index is 1.44. The number of nitrogens with zero attached hydrogens (tertiary/aromatic N) is 4. The number of anilines is 1. The Labute approximate surface area is 193 Å². The third kappa shape index (κ3) is 5.26. The lowest BCUT2D eigenvalue weighted by atomic mass is 9.87. The normalized spacial score (nSPS) is 11.3. The zero-order chi connectivity index (χ0) is 23.6. The summed E-state index contributed by atoms with van der Waals surface area (Å²) in [5.74, 6) is 2.99. The van der Waals surface area contributed by atoms with Crippen LogP contribution >= 0.6 is 0 Å². The minimum Gasteiger partial charge on any atom is -0.439 e. The maximum atomic E-state index is 12.6. The van der Waals surface area contributed by atoms with Crippen LogP contribution in [0.25, 0.3) is 5.82 Å². The molecule has 0 saturated carbocycles. The molecule has 2 heterocycles.